The molecular formula is C17H21NO6S3. The second kappa shape index (κ2) is 7.78. The van der Waals surface area contributed by atoms with Gasteiger partial charge in [0.15, 0.2) is 9.84 Å². The van der Waals surface area contributed by atoms with Crippen LogP contribution in [0.15, 0.2) is 40.6 Å². The maximum Gasteiger partial charge on any atom is 0.246 e. The van der Waals surface area contributed by atoms with Gasteiger partial charge in [0.05, 0.1) is 25.2 Å². The first-order chi connectivity index (χ1) is 12.8. The van der Waals surface area contributed by atoms with Gasteiger partial charge in [-0.05, 0) is 30.0 Å². The van der Waals surface area contributed by atoms with Gasteiger partial charge in [-0.25, -0.2) is 16.8 Å². The van der Waals surface area contributed by atoms with Crippen molar-refractivity contribution in [3.63, 3.8) is 0 Å². The molecule has 1 aromatic heterocycles. The lowest BCUT2D eigenvalue weighted by Crippen LogP contribution is -2.33. The van der Waals surface area contributed by atoms with Crippen LogP contribution in [-0.2, 0) is 19.9 Å². The Morgan fingerprint density at radius 2 is 1.93 bits per heavy atom. The van der Waals surface area contributed by atoms with Gasteiger partial charge in [0.25, 0.3) is 0 Å². The Labute approximate surface area is 163 Å². The molecule has 10 heteroatoms. The second-order valence-electron chi connectivity index (χ2n) is 6.08. The van der Waals surface area contributed by atoms with Crippen molar-refractivity contribution in [2.24, 2.45) is 0 Å². The quantitative estimate of drug-likeness (QED) is 0.722. The summed E-state index contributed by atoms with van der Waals surface area (Å²) in [4.78, 5) is 0.713. The molecule has 0 N–H and O–H groups in total. The number of ether oxygens (including phenoxy) is 2. The Kier molecular flexibility index (Phi) is 5.80. The summed E-state index contributed by atoms with van der Waals surface area (Å²) in [5.74, 6) is 0.354. The summed E-state index contributed by atoms with van der Waals surface area (Å²) in [6, 6.07) is 8.11. The van der Waals surface area contributed by atoms with Crippen molar-refractivity contribution in [2.75, 3.05) is 33.1 Å². The number of thiophene rings is 1. The van der Waals surface area contributed by atoms with Gasteiger partial charge in [-0.3, -0.25) is 0 Å². The van der Waals surface area contributed by atoms with Crippen LogP contribution >= 0.6 is 11.3 Å². The van der Waals surface area contributed by atoms with Crippen LogP contribution in [0.2, 0.25) is 0 Å². The molecule has 3 rings (SSSR count). The number of hydrogen-bond acceptors (Lipinski definition) is 7. The van der Waals surface area contributed by atoms with Crippen LogP contribution in [0.3, 0.4) is 0 Å². The average Bonchev–Trinajstić information content (AvgIpc) is 3.11. The topological polar surface area (TPSA) is 90.0 Å². The number of sulfone groups is 1. The monoisotopic (exact) mass is 431 g/mol. The Bertz CT molecular complexity index is 999. The smallest absolute Gasteiger partial charge is 0.246 e. The zero-order valence-corrected chi connectivity index (χ0v) is 17.4. The van der Waals surface area contributed by atoms with E-state index in [1.807, 2.05) is 5.38 Å². The minimum atomic E-state index is -3.94. The largest absolute Gasteiger partial charge is 0.497 e. The number of benzene rings is 1. The van der Waals surface area contributed by atoms with Crippen LogP contribution < -0.4 is 9.47 Å². The summed E-state index contributed by atoms with van der Waals surface area (Å²) < 4.78 is 63.3. The molecule has 0 saturated carbocycles. The molecule has 2 aromatic rings. The number of rotatable bonds is 5. The molecule has 1 aliphatic heterocycles. The molecule has 2 heterocycles. The van der Waals surface area contributed by atoms with Gasteiger partial charge < -0.3 is 9.47 Å². The third-order valence-corrected chi connectivity index (χ3v) is 9.71. The van der Waals surface area contributed by atoms with Crippen LogP contribution in [0.1, 0.15) is 16.5 Å². The van der Waals surface area contributed by atoms with E-state index in [1.54, 1.807) is 18.2 Å². The van der Waals surface area contributed by atoms with Crippen LogP contribution in [0.25, 0.3) is 0 Å². The molecule has 0 aliphatic carbocycles. The minimum Gasteiger partial charge on any atom is -0.497 e. The summed E-state index contributed by atoms with van der Waals surface area (Å²) in [5, 5.41) is 1.15. The Hall–Kier alpha value is -1.62. The highest BCUT2D eigenvalue weighted by molar-refractivity contribution is 7.92. The molecule has 0 spiro atoms. The van der Waals surface area contributed by atoms with Crippen molar-refractivity contribution in [3.05, 3.63) is 40.6 Å². The molecule has 0 radical (unpaired) electrons. The predicted molar refractivity (Wildman–Crippen MR) is 104 cm³/mol. The van der Waals surface area contributed by atoms with Crippen LogP contribution in [0.4, 0.5) is 0 Å². The normalized spacial score (nSPS) is 20.7. The van der Waals surface area contributed by atoms with E-state index in [-0.39, 0.29) is 35.9 Å². The van der Waals surface area contributed by atoms with E-state index in [0.717, 1.165) is 4.88 Å². The van der Waals surface area contributed by atoms with Gasteiger partial charge in [0.2, 0.25) is 10.0 Å². The van der Waals surface area contributed by atoms with E-state index >= 15 is 0 Å². The molecule has 1 atom stereocenters. The molecule has 1 unspecified atom stereocenters. The van der Waals surface area contributed by atoms with E-state index in [1.165, 1.54) is 42.0 Å². The van der Waals surface area contributed by atoms with Crippen molar-refractivity contribution in [2.45, 2.75) is 16.6 Å². The first kappa shape index (κ1) is 20.1. The van der Waals surface area contributed by atoms with E-state index in [0.29, 0.717) is 5.75 Å². The lowest BCUT2D eigenvalue weighted by Gasteiger charge is -2.21. The lowest BCUT2D eigenvalue weighted by atomic mass is 10.2. The third-order valence-electron chi connectivity index (χ3n) is 4.55. The van der Waals surface area contributed by atoms with Gasteiger partial charge in [0, 0.05) is 24.0 Å². The number of nitrogens with zero attached hydrogens (tertiary/aromatic N) is 1. The second-order valence-corrected chi connectivity index (χ2v) is 11.3. The molecule has 1 aliphatic rings. The van der Waals surface area contributed by atoms with E-state index in [9.17, 15) is 16.8 Å². The van der Waals surface area contributed by atoms with Crippen molar-refractivity contribution >= 4 is 31.2 Å². The van der Waals surface area contributed by atoms with Crippen molar-refractivity contribution in [1.29, 1.82) is 0 Å². The highest BCUT2D eigenvalue weighted by Gasteiger charge is 2.37. The lowest BCUT2D eigenvalue weighted by molar-refractivity contribution is 0.384. The third kappa shape index (κ3) is 3.98. The number of hydrogen-bond donors (Lipinski definition) is 0. The first-order valence-corrected chi connectivity index (χ1v) is 12.3. The number of methoxy groups -OCH3 is 2. The maximum atomic E-state index is 13.2. The van der Waals surface area contributed by atoms with E-state index in [2.05, 4.69) is 0 Å². The summed E-state index contributed by atoms with van der Waals surface area (Å²) >= 11 is 1.37. The summed E-state index contributed by atoms with van der Waals surface area (Å²) in [6.07, 6.45) is 0.217. The Morgan fingerprint density at radius 3 is 2.56 bits per heavy atom. The molecule has 1 fully saturated rings. The molecule has 0 amide bonds. The zero-order valence-electron chi connectivity index (χ0n) is 15.0. The highest BCUT2D eigenvalue weighted by atomic mass is 32.2. The summed E-state index contributed by atoms with van der Waals surface area (Å²) in [6.45, 7) is 0.0252. The van der Waals surface area contributed by atoms with E-state index in [4.69, 9.17) is 9.47 Å². The van der Waals surface area contributed by atoms with Crippen LogP contribution in [0, 0.1) is 0 Å². The maximum absolute atomic E-state index is 13.2. The van der Waals surface area contributed by atoms with Gasteiger partial charge in [-0.2, -0.15) is 4.31 Å². The molecule has 0 bridgehead atoms. The van der Waals surface area contributed by atoms with Gasteiger partial charge in [-0.1, -0.05) is 6.07 Å². The SMILES string of the molecule is COc1ccc(OC)c(S(=O)(=O)N2CCC(c3cccs3)S(=O)(=O)CC2)c1. The number of sulfonamides is 1. The first-order valence-electron chi connectivity index (χ1n) is 8.27. The fourth-order valence-electron chi connectivity index (χ4n) is 3.08. The molecule has 1 aromatic carbocycles. The molecule has 7 nitrogen and oxygen atoms in total. The van der Waals surface area contributed by atoms with Crippen molar-refractivity contribution in [1.82, 2.24) is 4.31 Å². The molecular weight excluding hydrogens is 410 g/mol. The Balaban J connectivity index is 1.95. The minimum absolute atomic E-state index is 0.0312. The van der Waals surface area contributed by atoms with Crippen molar-refractivity contribution in [3.8, 4) is 11.5 Å². The van der Waals surface area contributed by atoms with Gasteiger partial charge in [-0.15, -0.1) is 11.3 Å². The van der Waals surface area contributed by atoms with Crippen LogP contribution in [-0.4, -0.2) is 54.2 Å². The predicted octanol–water partition coefficient (Wildman–Crippen LogP) is 2.32. The van der Waals surface area contributed by atoms with Gasteiger partial charge in [0.1, 0.15) is 16.4 Å². The molecule has 148 valence electrons. The summed E-state index contributed by atoms with van der Waals surface area (Å²) in [5.41, 5.74) is 0. The van der Waals surface area contributed by atoms with E-state index < -0.39 is 25.1 Å². The van der Waals surface area contributed by atoms with Crippen molar-refractivity contribution < 1.29 is 26.3 Å². The standard InChI is InChI=1S/C17H21NO6S3/c1-23-13-5-6-14(24-2)17(12-13)27(21,22)18-8-7-16(15-4-3-10-25-15)26(19,20)11-9-18/h3-6,10,12,16H,7-9,11H2,1-2H3. The fourth-order valence-corrected chi connectivity index (χ4v) is 7.83. The zero-order chi connectivity index (χ0) is 19.7. The average molecular weight is 432 g/mol. The molecule has 27 heavy (non-hydrogen) atoms. The highest BCUT2D eigenvalue weighted by Crippen LogP contribution is 2.35. The van der Waals surface area contributed by atoms with Crippen LogP contribution in [0.5, 0.6) is 11.5 Å². The van der Waals surface area contributed by atoms with Gasteiger partial charge >= 0.3 is 0 Å². The fraction of sp³-hybridized carbons (Fsp3) is 0.412. The molecule has 1 saturated heterocycles. The Morgan fingerprint density at radius 1 is 1.15 bits per heavy atom. The summed E-state index contributed by atoms with van der Waals surface area (Å²) in [7, 11) is -4.54.